The van der Waals surface area contributed by atoms with Gasteiger partial charge in [0.2, 0.25) is 11.8 Å². The lowest BCUT2D eigenvalue weighted by Gasteiger charge is -2.36. The Hall–Kier alpha value is -2.36. The Labute approximate surface area is 173 Å². The number of fused-ring (bicyclic) bond motifs is 1. The molecule has 2 aliphatic heterocycles. The van der Waals surface area contributed by atoms with Gasteiger partial charge in [0.05, 0.1) is 0 Å². The molecule has 2 aromatic carbocycles. The summed E-state index contributed by atoms with van der Waals surface area (Å²) in [4.78, 5) is 27.2. The minimum atomic E-state index is -0.299. The highest BCUT2D eigenvalue weighted by Gasteiger charge is 2.38. The molecule has 4 heteroatoms. The molecule has 4 rings (SSSR count). The van der Waals surface area contributed by atoms with Crippen LogP contribution in [0.3, 0.4) is 0 Å². The lowest BCUT2D eigenvalue weighted by Crippen LogP contribution is -2.47. The number of carbonyl (C=O) groups is 2. The van der Waals surface area contributed by atoms with Crippen LogP contribution >= 0.6 is 0 Å². The molecule has 0 saturated carbocycles. The van der Waals surface area contributed by atoms with Crippen LogP contribution in [0.15, 0.2) is 42.5 Å². The van der Waals surface area contributed by atoms with Crippen molar-refractivity contribution in [2.75, 3.05) is 6.54 Å². The Kier molecular flexibility index (Phi) is 5.89. The molecule has 4 nitrogen and oxygen atoms in total. The maximum absolute atomic E-state index is 13.0. The van der Waals surface area contributed by atoms with Crippen molar-refractivity contribution in [2.45, 2.75) is 76.3 Å². The normalized spacial score (nSPS) is 24.7. The monoisotopic (exact) mass is 392 g/mol. The Balaban J connectivity index is 1.47. The van der Waals surface area contributed by atoms with E-state index in [1.807, 2.05) is 0 Å². The van der Waals surface area contributed by atoms with Gasteiger partial charge in [0.1, 0.15) is 0 Å². The van der Waals surface area contributed by atoms with E-state index in [1.54, 1.807) is 0 Å². The van der Waals surface area contributed by atoms with Gasteiger partial charge in [0.25, 0.3) is 0 Å². The molecule has 0 radical (unpaired) electrons. The first-order chi connectivity index (χ1) is 14.1. The van der Waals surface area contributed by atoms with Crippen LogP contribution in [-0.4, -0.2) is 34.8 Å². The molecule has 2 saturated heterocycles. The van der Waals surface area contributed by atoms with E-state index < -0.39 is 0 Å². The molecule has 0 spiro atoms. The number of piperidine rings is 1. The van der Waals surface area contributed by atoms with Crippen LogP contribution in [0.4, 0.5) is 0 Å². The topological polar surface area (TPSA) is 49.4 Å². The number of rotatable bonds is 6. The lowest BCUT2D eigenvalue weighted by atomic mass is 9.84. The van der Waals surface area contributed by atoms with Crippen LogP contribution in [0.25, 0.3) is 10.8 Å². The average Bonchev–Trinajstić information content (AvgIpc) is 3.12. The number of hydrogen-bond acceptors (Lipinski definition) is 2. The van der Waals surface area contributed by atoms with Crippen molar-refractivity contribution in [1.82, 2.24) is 10.2 Å². The summed E-state index contributed by atoms with van der Waals surface area (Å²) in [7, 11) is 0. The second-order valence-electron chi connectivity index (χ2n) is 8.83. The highest BCUT2D eigenvalue weighted by molar-refractivity contribution is 5.83. The van der Waals surface area contributed by atoms with Gasteiger partial charge >= 0.3 is 0 Å². The molecule has 2 atom stereocenters. The summed E-state index contributed by atoms with van der Waals surface area (Å²) in [6, 6.07) is 15.3. The third-order valence-corrected chi connectivity index (χ3v) is 6.83. The number of likely N-dealkylation sites (tertiary alicyclic amines) is 1. The SMILES string of the molecule is CC[C@H]1CCCCN1C(=O)CC[C@@]1(Cc2ccc3ccccc3c2)CCC(=O)N1. The van der Waals surface area contributed by atoms with Crippen LogP contribution in [-0.2, 0) is 16.0 Å². The molecule has 0 aromatic heterocycles. The predicted octanol–water partition coefficient (Wildman–Crippen LogP) is 4.60. The fourth-order valence-corrected chi connectivity index (χ4v) is 5.16. The maximum Gasteiger partial charge on any atom is 0.222 e. The van der Waals surface area contributed by atoms with Gasteiger partial charge < -0.3 is 10.2 Å². The highest BCUT2D eigenvalue weighted by Crippen LogP contribution is 2.31. The lowest BCUT2D eigenvalue weighted by molar-refractivity contribution is -0.135. The third-order valence-electron chi connectivity index (χ3n) is 6.83. The second-order valence-corrected chi connectivity index (χ2v) is 8.83. The second kappa shape index (κ2) is 8.56. The Bertz CT molecular complexity index is 893. The molecule has 1 N–H and O–H groups in total. The third kappa shape index (κ3) is 4.47. The van der Waals surface area contributed by atoms with Gasteiger partial charge in [-0.05, 0) is 61.3 Å². The standard InChI is InChI=1S/C25H32N2O2/c1-2-22-9-5-6-16-27(22)24(29)13-15-25(14-12-23(28)26-25)18-19-10-11-20-7-3-4-8-21(20)17-19/h3-4,7-8,10-11,17,22H,2,5-6,9,12-16,18H2,1H3,(H,26,28)/t22-,25+/m0/s1. The number of amides is 2. The van der Waals surface area contributed by atoms with Crippen LogP contribution in [0.1, 0.15) is 63.9 Å². The molecule has 29 heavy (non-hydrogen) atoms. The quantitative estimate of drug-likeness (QED) is 0.781. The molecule has 0 bridgehead atoms. The van der Waals surface area contributed by atoms with Gasteiger partial charge in [-0.3, -0.25) is 9.59 Å². The van der Waals surface area contributed by atoms with Gasteiger partial charge in [-0.25, -0.2) is 0 Å². The van der Waals surface area contributed by atoms with Crippen LogP contribution in [0.2, 0.25) is 0 Å². The Morgan fingerprint density at radius 2 is 2.00 bits per heavy atom. The molecule has 2 amide bonds. The van der Waals surface area contributed by atoms with Gasteiger partial charge in [0.15, 0.2) is 0 Å². The zero-order valence-corrected chi connectivity index (χ0v) is 17.5. The number of nitrogens with one attached hydrogen (secondary N) is 1. The molecular formula is C25H32N2O2. The van der Waals surface area contributed by atoms with E-state index >= 15 is 0 Å². The molecule has 154 valence electrons. The van der Waals surface area contributed by atoms with Crippen molar-refractivity contribution in [3.63, 3.8) is 0 Å². The minimum Gasteiger partial charge on any atom is -0.350 e. The summed E-state index contributed by atoms with van der Waals surface area (Å²) in [5.41, 5.74) is 0.926. The molecule has 2 heterocycles. The number of hydrogen-bond donors (Lipinski definition) is 1. The highest BCUT2D eigenvalue weighted by atomic mass is 16.2. The molecule has 0 aliphatic carbocycles. The smallest absolute Gasteiger partial charge is 0.222 e. The van der Waals surface area contributed by atoms with Crippen molar-refractivity contribution >= 4 is 22.6 Å². The van der Waals surface area contributed by atoms with E-state index in [2.05, 4.69) is 59.6 Å². The van der Waals surface area contributed by atoms with Crippen LogP contribution in [0, 0.1) is 0 Å². The first-order valence-corrected chi connectivity index (χ1v) is 11.2. The summed E-state index contributed by atoms with van der Waals surface area (Å²) in [5, 5.41) is 5.69. The Morgan fingerprint density at radius 3 is 2.76 bits per heavy atom. The van der Waals surface area contributed by atoms with E-state index in [0.717, 1.165) is 45.1 Å². The first-order valence-electron chi connectivity index (χ1n) is 11.2. The van der Waals surface area contributed by atoms with Gasteiger partial charge in [-0.2, -0.15) is 0 Å². The summed E-state index contributed by atoms with van der Waals surface area (Å²) in [6.45, 7) is 3.07. The van der Waals surface area contributed by atoms with Gasteiger partial charge in [-0.15, -0.1) is 0 Å². The van der Waals surface area contributed by atoms with Gasteiger partial charge in [-0.1, -0.05) is 49.4 Å². The fourth-order valence-electron chi connectivity index (χ4n) is 5.16. The van der Waals surface area contributed by atoms with E-state index in [-0.39, 0.29) is 17.4 Å². The number of carbonyl (C=O) groups excluding carboxylic acids is 2. The van der Waals surface area contributed by atoms with E-state index in [4.69, 9.17) is 0 Å². The largest absolute Gasteiger partial charge is 0.350 e. The molecule has 2 aromatic rings. The van der Waals surface area contributed by atoms with Crippen molar-refractivity contribution in [2.24, 2.45) is 0 Å². The van der Waals surface area contributed by atoms with E-state index in [0.29, 0.717) is 18.9 Å². The summed E-state index contributed by atoms with van der Waals surface area (Å²) in [6.07, 6.45) is 7.89. The minimum absolute atomic E-state index is 0.114. The molecule has 2 aliphatic rings. The fraction of sp³-hybridized carbons (Fsp3) is 0.520. The summed E-state index contributed by atoms with van der Waals surface area (Å²) in [5.74, 6) is 0.373. The van der Waals surface area contributed by atoms with Crippen molar-refractivity contribution in [3.8, 4) is 0 Å². The predicted molar refractivity (Wildman–Crippen MR) is 117 cm³/mol. The zero-order valence-electron chi connectivity index (χ0n) is 17.5. The zero-order chi connectivity index (χ0) is 20.3. The summed E-state index contributed by atoms with van der Waals surface area (Å²) < 4.78 is 0. The van der Waals surface area contributed by atoms with Crippen LogP contribution in [0.5, 0.6) is 0 Å². The van der Waals surface area contributed by atoms with Gasteiger partial charge in [0, 0.05) is 31.0 Å². The number of nitrogens with zero attached hydrogens (tertiary/aromatic N) is 1. The average molecular weight is 393 g/mol. The van der Waals surface area contributed by atoms with Crippen molar-refractivity contribution < 1.29 is 9.59 Å². The van der Waals surface area contributed by atoms with E-state index in [9.17, 15) is 9.59 Å². The first kappa shape index (κ1) is 19.9. The molecular weight excluding hydrogens is 360 g/mol. The summed E-state index contributed by atoms with van der Waals surface area (Å²) >= 11 is 0. The molecule has 2 fully saturated rings. The number of benzene rings is 2. The maximum atomic E-state index is 13.0. The molecule has 0 unspecified atom stereocenters. The van der Waals surface area contributed by atoms with Crippen molar-refractivity contribution in [1.29, 1.82) is 0 Å². The van der Waals surface area contributed by atoms with Crippen molar-refractivity contribution in [3.05, 3.63) is 48.0 Å². The van der Waals surface area contributed by atoms with E-state index in [1.165, 1.54) is 22.8 Å². The van der Waals surface area contributed by atoms with Crippen LogP contribution < -0.4 is 5.32 Å². The Morgan fingerprint density at radius 1 is 1.17 bits per heavy atom.